The van der Waals surface area contributed by atoms with Crippen molar-refractivity contribution < 1.29 is 15.0 Å². The van der Waals surface area contributed by atoms with Gasteiger partial charge in [-0.05, 0) is 6.42 Å². The van der Waals surface area contributed by atoms with E-state index in [1.54, 1.807) is 5.38 Å². The van der Waals surface area contributed by atoms with Crippen LogP contribution in [0.4, 0.5) is 0 Å². The van der Waals surface area contributed by atoms with Gasteiger partial charge in [0.05, 0.1) is 11.8 Å². The maximum absolute atomic E-state index is 10.8. The van der Waals surface area contributed by atoms with Gasteiger partial charge < -0.3 is 10.2 Å². The summed E-state index contributed by atoms with van der Waals surface area (Å²) in [4.78, 5) is 17.1. The van der Waals surface area contributed by atoms with Gasteiger partial charge in [0.1, 0.15) is 0 Å². The lowest BCUT2D eigenvalue weighted by atomic mass is 9.81. The maximum atomic E-state index is 10.8. The molecular formula is C12H18N2O3S. The second-order valence-electron chi connectivity index (χ2n) is 5.45. The van der Waals surface area contributed by atoms with E-state index in [0.717, 1.165) is 36.5 Å². The average molecular weight is 270 g/mol. The van der Waals surface area contributed by atoms with Crippen LogP contribution >= 0.6 is 11.3 Å². The van der Waals surface area contributed by atoms with Crippen molar-refractivity contribution in [3.05, 3.63) is 16.1 Å². The maximum Gasteiger partial charge on any atom is 0.365 e. The Bertz CT molecular complexity index is 444. The molecule has 0 saturated carbocycles. The summed E-state index contributed by atoms with van der Waals surface area (Å²) >= 11 is 1.16. The third kappa shape index (κ3) is 2.88. The van der Waals surface area contributed by atoms with Gasteiger partial charge in [-0.2, -0.15) is 0 Å². The summed E-state index contributed by atoms with van der Waals surface area (Å²) in [7, 11) is 0. The van der Waals surface area contributed by atoms with Crippen LogP contribution in [0, 0.1) is 5.41 Å². The van der Waals surface area contributed by atoms with Gasteiger partial charge >= 0.3 is 5.97 Å². The number of aromatic nitrogens is 1. The highest BCUT2D eigenvalue weighted by molar-refractivity contribution is 7.11. The molecule has 0 aromatic carbocycles. The van der Waals surface area contributed by atoms with Crippen molar-refractivity contribution in [3.8, 4) is 0 Å². The van der Waals surface area contributed by atoms with Crippen LogP contribution in [-0.4, -0.2) is 45.3 Å². The summed E-state index contributed by atoms with van der Waals surface area (Å²) in [6, 6.07) is 0. The van der Waals surface area contributed by atoms with Crippen LogP contribution in [0.3, 0.4) is 0 Å². The summed E-state index contributed by atoms with van der Waals surface area (Å²) in [5.41, 5.74) is 0.675. The SMILES string of the molecule is CC1(C)CN(Cc2csc(C(=O)O)n2)CCC1O. The quantitative estimate of drug-likeness (QED) is 0.869. The van der Waals surface area contributed by atoms with E-state index < -0.39 is 5.97 Å². The summed E-state index contributed by atoms with van der Waals surface area (Å²) in [6.07, 6.45) is 0.488. The Balaban J connectivity index is 1.99. The number of aromatic carboxylic acids is 1. The van der Waals surface area contributed by atoms with E-state index in [9.17, 15) is 9.90 Å². The third-order valence-electron chi connectivity index (χ3n) is 3.37. The molecule has 18 heavy (non-hydrogen) atoms. The number of carboxylic acids is 1. The van der Waals surface area contributed by atoms with Gasteiger partial charge in [0.15, 0.2) is 0 Å². The van der Waals surface area contributed by atoms with Gasteiger partial charge in [0.2, 0.25) is 5.01 Å². The van der Waals surface area contributed by atoms with Crippen LogP contribution in [0.25, 0.3) is 0 Å². The Labute approximate surface area is 110 Å². The van der Waals surface area contributed by atoms with Crippen LogP contribution in [0.1, 0.15) is 35.8 Å². The van der Waals surface area contributed by atoms with Crippen molar-refractivity contribution in [3.63, 3.8) is 0 Å². The number of nitrogens with zero attached hydrogens (tertiary/aromatic N) is 2. The molecule has 0 amide bonds. The van der Waals surface area contributed by atoms with E-state index in [1.807, 2.05) is 13.8 Å². The van der Waals surface area contributed by atoms with Crippen LogP contribution in [0.15, 0.2) is 5.38 Å². The Kier molecular flexibility index (Phi) is 3.70. The molecule has 0 radical (unpaired) electrons. The number of likely N-dealkylation sites (tertiary alicyclic amines) is 1. The minimum Gasteiger partial charge on any atom is -0.476 e. The van der Waals surface area contributed by atoms with Gasteiger partial charge in [-0.3, -0.25) is 4.90 Å². The standard InChI is InChI=1S/C12H18N2O3S/c1-12(2)7-14(4-3-9(12)15)5-8-6-18-10(13-8)11(16)17/h6,9,15H,3-5,7H2,1-2H3,(H,16,17). The van der Waals surface area contributed by atoms with Gasteiger partial charge in [0, 0.05) is 30.4 Å². The second-order valence-corrected chi connectivity index (χ2v) is 6.31. The lowest BCUT2D eigenvalue weighted by molar-refractivity contribution is -0.0273. The minimum absolute atomic E-state index is 0.121. The molecule has 2 heterocycles. The fourth-order valence-corrected chi connectivity index (χ4v) is 2.94. The van der Waals surface area contributed by atoms with Crippen LogP contribution in [-0.2, 0) is 6.54 Å². The van der Waals surface area contributed by atoms with Gasteiger partial charge in [-0.25, -0.2) is 9.78 Å². The van der Waals surface area contributed by atoms with Crippen LogP contribution in [0.5, 0.6) is 0 Å². The molecule has 1 saturated heterocycles. The van der Waals surface area contributed by atoms with Crippen molar-refractivity contribution in [1.29, 1.82) is 0 Å². The average Bonchev–Trinajstić information content (AvgIpc) is 2.72. The fourth-order valence-electron chi connectivity index (χ4n) is 2.30. The molecule has 0 aliphatic carbocycles. The van der Waals surface area contributed by atoms with Crippen LogP contribution < -0.4 is 0 Å². The Morgan fingerprint density at radius 2 is 2.39 bits per heavy atom. The van der Waals surface area contributed by atoms with Crippen molar-refractivity contribution in [2.45, 2.75) is 32.9 Å². The zero-order chi connectivity index (χ0) is 13.3. The molecule has 1 unspecified atom stereocenters. The molecule has 1 aromatic heterocycles. The van der Waals surface area contributed by atoms with E-state index in [1.165, 1.54) is 0 Å². The van der Waals surface area contributed by atoms with E-state index in [-0.39, 0.29) is 16.5 Å². The molecule has 1 fully saturated rings. The zero-order valence-corrected chi connectivity index (χ0v) is 11.4. The van der Waals surface area contributed by atoms with Gasteiger partial charge in [0.25, 0.3) is 0 Å². The molecule has 1 aromatic rings. The van der Waals surface area contributed by atoms with E-state index in [0.29, 0.717) is 6.54 Å². The molecule has 1 aliphatic heterocycles. The van der Waals surface area contributed by atoms with Gasteiger partial charge in [-0.1, -0.05) is 13.8 Å². The first-order valence-corrected chi connectivity index (χ1v) is 6.84. The third-order valence-corrected chi connectivity index (χ3v) is 4.25. The molecule has 2 rings (SSSR count). The number of hydrogen-bond donors (Lipinski definition) is 2. The largest absolute Gasteiger partial charge is 0.476 e. The molecular weight excluding hydrogens is 252 g/mol. The lowest BCUT2D eigenvalue weighted by Gasteiger charge is -2.41. The smallest absolute Gasteiger partial charge is 0.365 e. The first-order chi connectivity index (χ1) is 8.38. The highest BCUT2D eigenvalue weighted by Crippen LogP contribution is 2.29. The minimum atomic E-state index is -0.972. The predicted molar refractivity (Wildman–Crippen MR) is 68.8 cm³/mol. The molecule has 5 nitrogen and oxygen atoms in total. The van der Waals surface area contributed by atoms with Gasteiger partial charge in [-0.15, -0.1) is 11.3 Å². The summed E-state index contributed by atoms with van der Waals surface area (Å²) in [5, 5.41) is 20.6. The van der Waals surface area contributed by atoms with Crippen molar-refractivity contribution in [2.24, 2.45) is 5.41 Å². The zero-order valence-electron chi connectivity index (χ0n) is 10.6. The summed E-state index contributed by atoms with van der Waals surface area (Å²) < 4.78 is 0. The summed E-state index contributed by atoms with van der Waals surface area (Å²) in [6.45, 7) is 6.37. The Hall–Kier alpha value is -0.980. The molecule has 2 N–H and O–H groups in total. The first kappa shape index (κ1) is 13.5. The molecule has 100 valence electrons. The predicted octanol–water partition coefficient (Wildman–Crippen LogP) is 1.43. The monoisotopic (exact) mass is 270 g/mol. The second kappa shape index (κ2) is 4.95. The fraction of sp³-hybridized carbons (Fsp3) is 0.667. The topological polar surface area (TPSA) is 73.7 Å². The highest BCUT2D eigenvalue weighted by atomic mass is 32.1. The van der Waals surface area contributed by atoms with Crippen LogP contribution in [0.2, 0.25) is 0 Å². The number of aliphatic hydroxyl groups is 1. The number of piperidine rings is 1. The number of rotatable bonds is 3. The lowest BCUT2D eigenvalue weighted by Crippen LogP contribution is -2.48. The molecule has 1 atom stereocenters. The van der Waals surface area contributed by atoms with Crippen molar-refractivity contribution in [2.75, 3.05) is 13.1 Å². The van der Waals surface area contributed by atoms with Crippen molar-refractivity contribution >= 4 is 17.3 Å². The van der Waals surface area contributed by atoms with Crippen molar-refractivity contribution in [1.82, 2.24) is 9.88 Å². The van der Waals surface area contributed by atoms with E-state index in [4.69, 9.17) is 5.11 Å². The first-order valence-electron chi connectivity index (χ1n) is 5.96. The highest BCUT2D eigenvalue weighted by Gasteiger charge is 2.34. The molecule has 6 heteroatoms. The Morgan fingerprint density at radius 1 is 1.67 bits per heavy atom. The number of aliphatic hydroxyl groups excluding tert-OH is 1. The normalized spacial score (nSPS) is 24.1. The molecule has 0 spiro atoms. The molecule has 1 aliphatic rings. The number of hydrogen-bond acceptors (Lipinski definition) is 5. The number of carbonyl (C=O) groups is 1. The Morgan fingerprint density at radius 3 is 2.94 bits per heavy atom. The van der Waals surface area contributed by atoms with E-state index >= 15 is 0 Å². The number of thiazole rings is 1. The van der Waals surface area contributed by atoms with E-state index in [2.05, 4.69) is 9.88 Å². The number of carboxylic acid groups (broad SMARTS) is 1. The molecule has 0 bridgehead atoms. The summed E-state index contributed by atoms with van der Waals surface area (Å²) in [5.74, 6) is -0.972.